The van der Waals surface area contributed by atoms with E-state index in [-0.39, 0.29) is 11.3 Å². The molecule has 2 heterocycles. The number of nitrogens with one attached hydrogen (secondary N) is 1. The quantitative estimate of drug-likeness (QED) is 0.659. The summed E-state index contributed by atoms with van der Waals surface area (Å²) in [6.45, 7) is 2.04. The van der Waals surface area contributed by atoms with E-state index in [9.17, 15) is 0 Å². The molecule has 2 atom stereocenters. The molecule has 3 aromatic rings. The Labute approximate surface area is 131 Å². The van der Waals surface area contributed by atoms with Gasteiger partial charge < -0.3 is 10.7 Å². The highest BCUT2D eigenvalue weighted by Gasteiger charge is 2.20. The molecule has 3 N–H and O–H groups in total. The van der Waals surface area contributed by atoms with Crippen molar-refractivity contribution >= 4 is 45.6 Å². The van der Waals surface area contributed by atoms with Gasteiger partial charge in [0.05, 0.1) is 14.6 Å². The van der Waals surface area contributed by atoms with E-state index in [1.165, 1.54) is 10.3 Å². The van der Waals surface area contributed by atoms with Gasteiger partial charge in [0.2, 0.25) is 0 Å². The van der Waals surface area contributed by atoms with Crippen molar-refractivity contribution in [3.05, 3.63) is 51.7 Å². The number of thioether (sulfide) groups is 1. The number of rotatable bonds is 4. The Bertz CT molecular complexity index is 684. The van der Waals surface area contributed by atoms with Crippen LogP contribution in [0.5, 0.6) is 0 Å². The molecule has 3 rings (SSSR count). The van der Waals surface area contributed by atoms with Gasteiger partial charge in [-0.3, -0.25) is 0 Å². The molecule has 2 aromatic heterocycles. The Hall–Kier alpha value is -0.940. The molecular formula is C15H15ClN2S2. The number of aromatic amines is 1. The number of H-pyrrole nitrogens is 1. The van der Waals surface area contributed by atoms with Crippen LogP contribution in [0.3, 0.4) is 0 Å². The number of halogens is 1. The third-order valence-corrected chi connectivity index (χ3v) is 5.99. The molecule has 0 amide bonds. The number of hydrogen-bond donors (Lipinski definition) is 2. The first-order valence-electron chi connectivity index (χ1n) is 6.39. The van der Waals surface area contributed by atoms with E-state index in [1.807, 2.05) is 25.1 Å². The van der Waals surface area contributed by atoms with Gasteiger partial charge >= 0.3 is 0 Å². The van der Waals surface area contributed by atoms with Gasteiger partial charge in [-0.2, -0.15) is 0 Å². The molecule has 0 aliphatic heterocycles. The lowest BCUT2D eigenvalue weighted by Gasteiger charge is -2.18. The van der Waals surface area contributed by atoms with Crippen LogP contribution in [0.25, 0.3) is 10.9 Å². The number of benzene rings is 1. The number of fused-ring (bicyclic) bond motifs is 1. The second-order valence-electron chi connectivity index (χ2n) is 4.76. The number of aromatic nitrogens is 1. The standard InChI is InChI=1S/C15H15ClN2S2/c1-9(17)15(12-6-7-13(16)19-12)20-14-8-10-4-2-3-5-11(10)18-14/h2-9,15,18H,17H2,1H3. The highest BCUT2D eigenvalue weighted by Crippen LogP contribution is 2.41. The van der Waals surface area contributed by atoms with E-state index in [0.29, 0.717) is 0 Å². The lowest BCUT2D eigenvalue weighted by Crippen LogP contribution is -2.21. The maximum Gasteiger partial charge on any atom is 0.0931 e. The van der Waals surface area contributed by atoms with Crippen LogP contribution in [0.4, 0.5) is 0 Å². The van der Waals surface area contributed by atoms with Crippen molar-refractivity contribution in [1.29, 1.82) is 0 Å². The summed E-state index contributed by atoms with van der Waals surface area (Å²) in [5.41, 5.74) is 7.30. The predicted octanol–water partition coefficient (Wildman–Crippen LogP) is 5.06. The largest absolute Gasteiger partial charge is 0.350 e. The van der Waals surface area contributed by atoms with Crippen molar-refractivity contribution in [3.8, 4) is 0 Å². The Morgan fingerprint density at radius 2 is 2.05 bits per heavy atom. The highest BCUT2D eigenvalue weighted by atomic mass is 35.5. The summed E-state index contributed by atoms with van der Waals surface area (Å²) in [4.78, 5) is 4.65. The van der Waals surface area contributed by atoms with Crippen LogP contribution in [-0.4, -0.2) is 11.0 Å². The fourth-order valence-electron chi connectivity index (χ4n) is 2.15. The Morgan fingerprint density at radius 3 is 2.70 bits per heavy atom. The minimum atomic E-state index is 0.0566. The van der Waals surface area contributed by atoms with Crippen molar-refractivity contribution in [2.24, 2.45) is 5.73 Å². The van der Waals surface area contributed by atoms with Crippen LogP contribution in [-0.2, 0) is 0 Å². The number of thiophene rings is 1. The molecule has 0 saturated heterocycles. The minimum absolute atomic E-state index is 0.0566. The average molecular weight is 323 g/mol. The molecular weight excluding hydrogens is 308 g/mol. The molecule has 2 nitrogen and oxygen atoms in total. The minimum Gasteiger partial charge on any atom is -0.350 e. The number of para-hydroxylation sites is 1. The summed E-state index contributed by atoms with van der Waals surface area (Å²) in [5, 5.41) is 2.57. The van der Waals surface area contributed by atoms with Crippen LogP contribution in [0.15, 0.2) is 47.5 Å². The first-order chi connectivity index (χ1) is 9.63. The van der Waals surface area contributed by atoms with Crippen LogP contribution in [0, 0.1) is 0 Å². The first-order valence-corrected chi connectivity index (χ1v) is 8.46. The summed E-state index contributed by atoms with van der Waals surface area (Å²) in [6.07, 6.45) is 0. The Balaban J connectivity index is 1.89. The molecule has 0 bridgehead atoms. The van der Waals surface area contributed by atoms with Crippen molar-refractivity contribution in [2.45, 2.75) is 23.2 Å². The zero-order valence-corrected chi connectivity index (χ0v) is 13.4. The molecule has 0 radical (unpaired) electrons. The van der Waals surface area contributed by atoms with Crippen molar-refractivity contribution in [3.63, 3.8) is 0 Å². The van der Waals surface area contributed by atoms with E-state index in [2.05, 4.69) is 29.2 Å². The molecule has 20 heavy (non-hydrogen) atoms. The van der Waals surface area contributed by atoms with E-state index in [4.69, 9.17) is 17.3 Å². The summed E-state index contributed by atoms with van der Waals surface area (Å²) in [5.74, 6) is 0. The van der Waals surface area contributed by atoms with Gasteiger partial charge in [0.15, 0.2) is 0 Å². The second kappa shape index (κ2) is 5.82. The molecule has 0 fully saturated rings. The van der Waals surface area contributed by atoms with Crippen LogP contribution < -0.4 is 5.73 Å². The van der Waals surface area contributed by atoms with Gasteiger partial charge in [0, 0.05) is 21.8 Å². The van der Waals surface area contributed by atoms with Crippen molar-refractivity contribution < 1.29 is 0 Å². The molecule has 0 aliphatic carbocycles. The molecule has 2 unspecified atom stereocenters. The topological polar surface area (TPSA) is 41.8 Å². The third-order valence-electron chi connectivity index (χ3n) is 3.11. The summed E-state index contributed by atoms with van der Waals surface area (Å²) >= 11 is 9.40. The summed E-state index contributed by atoms with van der Waals surface area (Å²) in [7, 11) is 0. The highest BCUT2D eigenvalue weighted by molar-refractivity contribution is 7.99. The van der Waals surface area contributed by atoms with Gasteiger partial charge in [0.25, 0.3) is 0 Å². The van der Waals surface area contributed by atoms with Gasteiger partial charge in [-0.1, -0.05) is 41.6 Å². The Kier molecular flexibility index (Phi) is 4.08. The summed E-state index contributed by atoms with van der Waals surface area (Å²) < 4.78 is 0.808. The maximum absolute atomic E-state index is 6.15. The van der Waals surface area contributed by atoms with Crippen LogP contribution in [0.2, 0.25) is 4.34 Å². The van der Waals surface area contributed by atoms with Crippen LogP contribution >= 0.6 is 34.7 Å². The maximum atomic E-state index is 6.15. The predicted molar refractivity (Wildman–Crippen MR) is 89.9 cm³/mol. The first kappa shape index (κ1) is 14.0. The fraction of sp³-hybridized carbons (Fsp3) is 0.200. The number of hydrogen-bond acceptors (Lipinski definition) is 3. The smallest absolute Gasteiger partial charge is 0.0931 e. The van der Waals surface area contributed by atoms with E-state index < -0.39 is 0 Å². The van der Waals surface area contributed by atoms with Crippen LogP contribution in [0.1, 0.15) is 17.1 Å². The van der Waals surface area contributed by atoms with Gasteiger partial charge in [0.1, 0.15) is 0 Å². The number of nitrogens with two attached hydrogens (primary N) is 1. The molecule has 0 aliphatic rings. The lowest BCUT2D eigenvalue weighted by molar-refractivity contribution is 0.729. The second-order valence-corrected chi connectivity index (χ2v) is 7.69. The SMILES string of the molecule is CC(N)C(Sc1cc2ccccc2[nH]1)c1ccc(Cl)s1. The third kappa shape index (κ3) is 2.88. The lowest BCUT2D eigenvalue weighted by atomic mass is 10.2. The fourth-order valence-corrected chi connectivity index (χ4v) is 4.65. The zero-order chi connectivity index (χ0) is 14.1. The average Bonchev–Trinajstić information content (AvgIpc) is 3.01. The van der Waals surface area contributed by atoms with E-state index >= 15 is 0 Å². The van der Waals surface area contributed by atoms with Gasteiger partial charge in [-0.25, -0.2) is 0 Å². The van der Waals surface area contributed by atoms with Gasteiger partial charge in [-0.05, 0) is 31.2 Å². The van der Waals surface area contributed by atoms with E-state index in [0.717, 1.165) is 14.9 Å². The van der Waals surface area contributed by atoms with Crippen molar-refractivity contribution in [2.75, 3.05) is 0 Å². The molecule has 104 valence electrons. The normalized spacial score (nSPS) is 14.6. The van der Waals surface area contributed by atoms with Crippen molar-refractivity contribution in [1.82, 2.24) is 4.98 Å². The van der Waals surface area contributed by atoms with Gasteiger partial charge in [-0.15, -0.1) is 11.3 Å². The Morgan fingerprint density at radius 1 is 1.25 bits per heavy atom. The summed E-state index contributed by atoms with van der Waals surface area (Å²) in [6, 6.07) is 14.5. The monoisotopic (exact) mass is 322 g/mol. The molecule has 0 spiro atoms. The van der Waals surface area contributed by atoms with E-state index in [1.54, 1.807) is 23.1 Å². The molecule has 0 saturated carbocycles. The molecule has 5 heteroatoms. The zero-order valence-electron chi connectivity index (χ0n) is 11.0. The molecule has 1 aromatic carbocycles.